The number of aryl methyl sites for hydroxylation is 1. The number of H-pyrrole nitrogens is 1. The van der Waals surface area contributed by atoms with E-state index < -0.39 is 0 Å². The Morgan fingerprint density at radius 3 is 2.90 bits per heavy atom. The van der Waals surface area contributed by atoms with E-state index in [4.69, 9.17) is 17.0 Å². The Hall–Kier alpha value is -3.52. The van der Waals surface area contributed by atoms with E-state index >= 15 is 0 Å². The molecule has 0 saturated heterocycles. The molecule has 2 aromatic heterocycles. The highest BCUT2D eigenvalue weighted by Gasteiger charge is 2.14. The zero-order chi connectivity index (χ0) is 20.4. The molecule has 0 fully saturated rings. The Labute approximate surface area is 172 Å². The van der Waals surface area contributed by atoms with Crippen molar-refractivity contribution in [3.05, 3.63) is 65.1 Å². The van der Waals surface area contributed by atoms with Crippen molar-refractivity contribution in [1.82, 2.24) is 19.7 Å². The third kappa shape index (κ3) is 3.74. The van der Waals surface area contributed by atoms with Crippen molar-refractivity contribution in [2.24, 2.45) is 0 Å². The number of fused-ring (bicyclic) bond motifs is 1. The van der Waals surface area contributed by atoms with Crippen molar-refractivity contribution < 1.29 is 9.53 Å². The molecule has 29 heavy (non-hydrogen) atoms. The summed E-state index contributed by atoms with van der Waals surface area (Å²) in [7, 11) is 1.59. The van der Waals surface area contributed by atoms with Gasteiger partial charge in [-0.05, 0) is 49.5 Å². The molecular formula is C21H19N5O2S. The lowest BCUT2D eigenvalue weighted by atomic mass is 10.1. The van der Waals surface area contributed by atoms with Crippen LogP contribution in [0.1, 0.15) is 5.56 Å². The monoisotopic (exact) mass is 405 g/mol. The number of carbonyl (C=O) groups excluding carboxylic acids is 1. The molecule has 0 atom stereocenters. The van der Waals surface area contributed by atoms with Gasteiger partial charge in [-0.25, -0.2) is 0 Å². The molecule has 0 aliphatic heterocycles. The largest absolute Gasteiger partial charge is 0.494 e. The standard InChI is InChI=1S/C21H19N5O2S/c1-13-5-3-6-14(11-13)20-24-25-21(29)26(20)12-18(27)23-16-8-9-17(28-2)19-15(16)7-4-10-22-19/h3-11H,12H2,1-2H3,(H,23,27)(H,25,29). The SMILES string of the molecule is COc1ccc(NC(=O)Cn2c(-c3cccc(C)c3)n[nH]c2=S)c2cccnc12. The average Bonchev–Trinajstić information content (AvgIpc) is 3.08. The number of pyridine rings is 1. The van der Waals surface area contributed by atoms with E-state index in [1.54, 1.807) is 30.0 Å². The molecule has 0 aliphatic carbocycles. The van der Waals surface area contributed by atoms with Gasteiger partial charge < -0.3 is 10.1 Å². The van der Waals surface area contributed by atoms with Crippen LogP contribution in [0.5, 0.6) is 5.75 Å². The zero-order valence-corrected chi connectivity index (χ0v) is 16.8. The minimum absolute atomic E-state index is 0.0341. The lowest BCUT2D eigenvalue weighted by molar-refractivity contribution is -0.116. The van der Waals surface area contributed by atoms with Crippen LogP contribution >= 0.6 is 12.2 Å². The van der Waals surface area contributed by atoms with Crippen molar-refractivity contribution in [2.75, 3.05) is 12.4 Å². The molecule has 4 aromatic rings. The first-order chi connectivity index (χ1) is 14.1. The summed E-state index contributed by atoms with van der Waals surface area (Å²) in [6.07, 6.45) is 1.69. The van der Waals surface area contributed by atoms with Crippen molar-refractivity contribution in [2.45, 2.75) is 13.5 Å². The number of hydrogen-bond acceptors (Lipinski definition) is 5. The molecule has 2 N–H and O–H groups in total. The van der Waals surface area contributed by atoms with Crippen LogP contribution in [0.4, 0.5) is 5.69 Å². The van der Waals surface area contributed by atoms with Gasteiger partial charge >= 0.3 is 0 Å². The Morgan fingerprint density at radius 1 is 1.24 bits per heavy atom. The van der Waals surface area contributed by atoms with Gasteiger partial charge in [0.15, 0.2) is 10.6 Å². The molecule has 0 bridgehead atoms. The number of nitrogens with zero attached hydrogens (tertiary/aromatic N) is 3. The molecule has 8 heteroatoms. The molecule has 0 spiro atoms. The number of methoxy groups -OCH3 is 1. The summed E-state index contributed by atoms with van der Waals surface area (Å²) in [6.45, 7) is 2.04. The molecule has 0 aliphatic rings. The van der Waals surface area contributed by atoms with Crippen molar-refractivity contribution >= 4 is 34.7 Å². The maximum absolute atomic E-state index is 12.8. The van der Waals surface area contributed by atoms with Crippen LogP contribution in [0.25, 0.3) is 22.3 Å². The van der Waals surface area contributed by atoms with Gasteiger partial charge in [0.25, 0.3) is 0 Å². The van der Waals surface area contributed by atoms with E-state index in [2.05, 4.69) is 20.5 Å². The number of amides is 1. The summed E-state index contributed by atoms with van der Waals surface area (Å²) >= 11 is 5.34. The number of nitrogens with one attached hydrogen (secondary N) is 2. The molecule has 0 radical (unpaired) electrons. The van der Waals surface area contributed by atoms with Crippen molar-refractivity contribution in [1.29, 1.82) is 0 Å². The Balaban J connectivity index is 1.63. The summed E-state index contributed by atoms with van der Waals surface area (Å²) in [5.74, 6) is 1.05. The second kappa shape index (κ2) is 7.84. The van der Waals surface area contributed by atoms with Crippen LogP contribution in [0.3, 0.4) is 0 Å². The predicted molar refractivity (Wildman–Crippen MR) is 115 cm³/mol. The van der Waals surface area contributed by atoms with Crippen LogP contribution in [-0.4, -0.2) is 32.8 Å². The van der Waals surface area contributed by atoms with E-state index in [1.165, 1.54) is 0 Å². The quantitative estimate of drug-likeness (QED) is 0.488. The second-order valence-electron chi connectivity index (χ2n) is 6.57. The fourth-order valence-corrected chi connectivity index (χ4v) is 3.42. The summed E-state index contributed by atoms with van der Waals surface area (Å²) in [5, 5.41) is 10.8. The zero-order valence-electron chi connectivity index (χ0n) is 16.0. The Kier molecular flexibility index (Phi) is 5.09. The normalized spacial score (nSPS) is 10.8. The highest BCUT2D eigenvalue weighted by molar-refractivity contribution is 7.71. The summed E-state index contributed by atoms with van der Waals surface area (Å²) in [5.41, 5.74) is 3.34. The first kappa shape index (κ1) is 18.8. The maximum Gasteiger partial charge on any atom is 0.244 e. The maximum atomic E-state index is 12.8. The first-order valence-electron chi connectivity index (χ1n) is 9.00. The molecule has 2 heterocycles. The highest BCUT2D eigenvalue weighted by atomic mass is 32.1. The predicted octanol–water partition coefficient (Wildman–Crippen LogP) is 4.11. The van der Waals surface area contributed by atoms with E-state index in [0.717, 1.165) is 16.5 Å². The second-order valence-corrected chi connectivity index (χ2v) is 6.96. The number of ether oxygens (including phenoxy) is 1. The Bertz CT molecular complexity index is 1260. The van der Waals surface area contributed by atoms with Gasteiger partial charge in [0.05, 0.1) is 12.8 Å². The number of carbonyl (C=O) groups is 1. The summed E-state index contributed by atoms with van der Waals surface area (Å²) in [4.78, 5) is 17.2. The van der Waals surface area contributed by atoms with E-state index in [1.807, 2.05) is 43.3 Å². The lowest BCUT2D eigenvalue weighted by Crippen LogP contribution is -2.19. The fraction of sp³-hybridized carbons (Fsp3) is 0.143. The number of anilines is 1. The van der Waals surface area contributed by atoms with Gasteiger partial charge in [-0.3, -0.25) is 19.4 Å². The van der Waals surface area contributed by atoms with E-state index in [9.17, 15) is 4.79 Å². The van der Waals surface area contributed by atoms with Crippen molar-refractivity contribution in [3.8, 4) is 17.1 Å². The van der Waals surface area contributed by atoms with Gasteiger partial charge in [0, 0.05) is 17.1 Å². The van der Waals surface area contributed by atoms with Gasteiger partial charge in [0.2, 0.25) is 5.91 Å². The lowest BCUT2D eigenvalue weighted by Gasteiger charge is -2.12. The van der Waals surface area contributed by atoms with Gasteiger partial charge in [-0.2, -0.15) is 5.10 Å². The van der Waals surface area contributed by atoms with Gasteiger partial charge in [-0.15, -0.1) is 0 Å². The van der Waals surface area contributed by atoms with Gasteiger partial charge in [0.1, 0.15) is 17.8 Å². The highest BCUT2D eigenvalue weighted by Crippen LogP contribution is 2.29. The minimum atomic E-state index is -0.216. The van der Waals surface area contributed by atoms with Gasteiger partial charge in [-0.1, -0.05) is 23.8 Å². The van der Waals surface area contributed by atoms with Crippen LogP contribution in [-0.2, 0) is 11.3 Å². The molecule has 1 amide bonds. The molecule has 4 rings (SSSR count). The number of benzene rings is 2. The van der Waals surface area contributed by atoms with Crippen LogP contribution in [0.2, 0.25) is 0 Å². The number of aromatic amines is 1. The van der Waals surface area contributed by atoms with Crippen LogP contribution < -0.4 is 10.1 Å². The summed E-state index contributed by atoms with van der Waals surface area (Å²) < 4.78 is 7.43. The third-order valence-electron chi connectivity index (χ3n) is 4.56. The first-order valence-corrected chi connectivity index (χ1v) is 9.41. The van der Waals surface area contributed by atoms with E-state index in [-0.39, 0.29) is 12.5 Å². The fourth-order valence-electron chi connectivity index (χ4n) is 3.22. The topological polar surface area (TPSA) is 84.8 Å². The molecular weight excluding hydrogens is 386 g/mol. The molecule has 146 valence electrons. The van der Waals surface area contributed by atoms with E-state index in [0.29, 0.717) is 27.5 Å². The average molecular weight is 405 g/mol. The Morgan fingerprint density at radius 2 is 2.10 bits per heavy atom. The van der Waals surface area contributed by atoms with Crippen molar-refractivity contribution in [3.63, 3.8) is 0 Å². The van der Waals surface area contributed by atoms with Crippen LogP contribution in [0, 0.1) is 11.7 Å². The smallest absolute Gasteiger partial charge is 0.244 e. The molecule has 7 nitrogen and oxygen atoms in total. The number of aromatic nitrogens is 4. The number of rotatable bonds is 5. The molecule has 0 saturated carbocycles. The molecule has 2 aromatic carbocycles. The third-order valence-corrected chi connectivity index (χ3v) is 4.87. The number of hydrogen-bond donors (Lipinski definition) is 2. The van der Waals surface area contributed by atoms with Crippen LogP contribution in [0.15, 0.2) is 54.7 Å². The minimum Gasteiger partial charge on any atom is -0.494 e. The molecule has 0 unspecified atom stereocenters. The summed E-state index contributed by atoms with van der Waals surface area (Å²) in [6, 6.07) is 15.2.